The number of carbonyl (C=O) groups is 1. The van der Waals surface area contributed by atoms with Crippen molar-refractivity contribution in [3.05, 3.63) is 41.5 Å². The molecule has 1 aromatic rings. The van der Waals surface area contributed by atoms with Crippen molar-refractivity contribution in [3.8, 4) is 0 Å². The van der Waals surface area contributed by atoms with Gasteiger partial charge in [-0.3, -0.25) is 4.79 Å². The maximum absolute atomic E-state index is 10.7. The first kappa shape index (κ1) is 14.0. The van der Waals surface area contributed by atoms with E-state index >= 15 is 0 Å². The smallest absolute Gasteiger partial charge is 0.186 e. The Kier molecular flexibility index (Phi) is 6.67. The first-order chi connectivity index (χ1) is 8.22. The van der Waals surface area contributed by atoms with Crippen molar-refractivity contribution < 1.29 is 4.79 Å². The summed E-state index contributed by atoms with van der Waals surface area (Å²) in [5.41, 5.74) is 2.47. The lowest BCUT2D eigenvalue weighted by Crippen LogP contribution is -2.11. The molecule has 0 fully saturated rings. The van der Waals surface area contributed by atoms with Crippen LogP contribution in [0.15, 0.2) is 30.3 Å². The topological polar surface area (TPSA) is 29.1 Å². The Morgan fingerprint density at radius 1 is 1.47 bits per heavy atom. The van der Waals surface area contributed by atoms with E-state index in [-0.39, 0.29) is 5.12 Å². The normalized spacial score (nSPS) is 10.9. The molecule has 0 amide bonds. The molecule has 0 spiro atoms. The Morgan fingerprint density at radius 2 is 2.29 bits per heavy atom. The zero-order chi connectivity index (χ0) is 12.5. The molecule has 0 saturated carbocycles. The summed E-state index contributed by atoms with van der Waals surface area (Å²) in [7, 11) is 0. The van der Waals surface area contributed by atoms with Gasteiger partial charge in [-0.25, -0.2) is 0 Å². The first-order valence-corrected chi connectivity index (χ1v) is 6.80. The fraction of sp³-hybridized carbons (Fsp3) is 0.357. The quantitative estimate of drug-likeness (QED) is 0.840. The Labute approximate surface area is 107 Å². The molecule has 0 heterocycles. The molecule has 92 valence electrons. The van der Waals surface area contributed by atoms with E-state index in [0.29, 0.717) is 0 Å². The molecule has 3 heteroatoms. The summed E-state index contributed by atoms with van der Waals surface area (Å²) in [5.74, 6) is 0.743. The highest BCUT2D eigenvalue weighted by Crippen LogP contribution is 2.08. The van der Waals surface area contributed by atoms with E-state index in [2.05, 4.69) is 42.6 Å². The van der Waals surface area contributed by atoms with E-state index < -0.39 is 0 Å². The van der Waals surface area contributed by atoms with Crippen molar-refractivity contribution in [2.45, 2.75) is 20.4 Å². The van der Waals surface area contributed by atoms with Crippen molar-refractivity contribution in [2.24, 2.45) is 0 Å². The third-order valence-corrected chi connectivity index (χ3v) is 2.99. The van der Waals surface area contributed by atoms with Gasteiger partial charge in [-0.2, -0.15) is 0 Å². The van der Waals surface area contributed by atoms with Gasteiger partial charge < -0.3 is 5.32 Å². The predicted molar refractivity (Wildman–Crippen MR) is 76.0 cm³/mol. The minimum absolute atomic E-state index is 0.163. The van der Waals surface area contributed by atoms with Gasteiger partial charge in [0.25, 0.3) is 0 Å². The summed E-state index contributed by atoms with van der Waals surface area (Å²) in [4.78, 5) is 10.7. The van der Waals surface area contributed by atoms with Crippen LogP contribution in [-0.4, -0.2) is 17.4 Å². The molecule has 0 aliphatic carbocycles. The lowest BCUT2D eigenvalue weighted by atomic mass is 10.1. The summed E-state index contributed by atoms with van der Waals surface area (Å²) >= 11 is 1.33. The number of thioether (sulfide) groups is 1. The molecule has 1 N–H and O–H groups in total. The minimum Gasteiger partial charge on any atom is -0.313 e. The maximum Gasteiger partial charge on any atom is 0.186 e. The fourth-order valence-corrected chi connectivity index (χ4v) is 1.85. The first-order valence-electron chi connectivity index (χ1n) is 5.82. The van der Waals surface area contributed by atoms with Gasteiger partial charge in [-0.05, 0) is 17.7 Å². The van der Waals surface area contributed by atoms with Gasteiger partial charge in [0.05, 0.1) is 0 Å². The number of rotatable bonds is 6. The van der Waals surface area contributed by atoms with Crippen LogP contribution in [0.5, 0.6) is 0 Å². The van der Waals surface area contributed by atoms with Gasteiger partial charge in [-0.1, -0.05) is 55.1 Å². The van der Waals surface area contributed by atoms with Crippen molar-refractivity contribution in [3.63, 3.8) is 0 Å². The Bertz CT molecular complexity index is 388. The molecule has 0 bridgehead atoms. The number of hydrogen-bond acceptors (Lipinski definition) is 3. The molecular weight excluding hydrogens is 230 g/mol. The molecule has 0 atom stereocenters. The van der Waals surface area contributed by atoms with E-state index in [4.69, 9.17) is 0 Å². The molecule has 2 nitrogen and oxygen atoms in total. The Hall–Kier alpha value is -1.06. The zero-order valence-electron chi connectivity index (χ0n) is 10.4. The van der Waals surface area contributed by atoms with Crippen LogP contribution in [0, 0.1) is 0 Å². The fourth-order valence-electron chi connectivity index (χ4n) is 1.43. The van der Waals surface area contributed by atoms with E-state index in [1.807, 2.05) is 6.08 Å². The van der Waals surface area contributed by atoms with Crippen LogP contribution in [0.3, 0.4) is 0 Å². The molecule has 0 aromatic heterocycles. The number of benzene rings is 1. The van der Waals surface area contributed by atoms with Crippen LogP contribution in [0.4, 0.5) is 0 Å². The SMILES string of the molecule is CCNCc1cccc(C=CCSC(C)=O)c1. The lowest BCUT2D eigenvalue weighted by Gasteiger charge is -2.02. The molecule has 0 aliphatic heterocycles. The van der Waals surface area contributed by atoms with Gasteiger partial charge in [0.2, 0.25) is 0 Å². The highest BCUT2D eigenvalue weighted by Gasteiger charge is 1.93. The number of nitrogens with one attached hydrogen (secondary N) is 1. The second-order valence-electron chi connectivity index (χ2n) is 3.73. The summed E-state index contributed by atoms with van der Waals surface area (Å²) < 4.78 is 0. The maximum atomic E-state index is 10.7. The van der Waals surface area contributed by atoms with Crippen LogP contribution in [0.1, 0.15) is 25.0 Å². The van der Waals surface area contributed by atoms with E-state index in [1.165, 1.54) is 22.9 Å². The van der Waals surface area contributed by atoms with Crippen LogP contribution in [0.25, 0.3) is 6.08 Å². The predicted octanol–water partition coefficient (Wildman–Crippen LogP) is 3.09. The zero-order valence-corrected chi connectivity index (χ0v) is 11.2. The summed E-state index contributed by atoms with van der Waals surface area (Å²) in [6.07, 6.45) is 4.09. The van der Waals surface area contributed by atoms with Crippen LogP contribution >= 0.6 is 11.8 Å². The minimum atomic E-state index is 0.163. The average molecular weight is 249 g/mol. The second kappa shape index (κ2) is 8.09. The van der Waals surface area contributed by atoms with Crippen LogP contribution in [-0.2, 0) is 11.3 Å². The van der Waals surface area contributed by atoms with Crippen molar-refractivity contribution in [1.82, 2.24) is 5.32 Å². The van der Waals surface area contributed by atoms with Crippen LogP contribution in [0.2, 0.25) is 0 Å². The summed E-state index contributed by atoms with van der Waals surface area (Å²) in [6.45, 7) is 5.58. The third kappa shape index (κ3) is 6.29. The van der Waals surface area contributed by atoms with Gasteiger partial charge in [0.15, 0.2) is 5.12 Å². The van der Waals surface area contributed by atoms with Gasteiger partial charge in [0.1, 0.15) is 0 Å². The van der Waals surface area contributed by atoms with E-state index in [0.717, 1.165) is 18.8 Å². The van der Waals surface area contributed by atoms with Crippen LogP contribution < -0.4 is 5.32 Å². The average Bonchev–Trinajstić information content (AvgIpc) is 2.32. The lowest BCUT2D eigenvalue weighted by molar-refractivity contribution is -0.109. The van der Waals surface area contributed by atoms with Gasteiger partial charge >= 0.3 is 0 Å². The second-order valence-corrected chi connectivity index (χ2v) is 4.93. The summed E-state index contributed by atoms with van der Waals surface area (Å²) in [6, 6.07) is 8.41. The van der Waals surface area contributed by atoms with E-state index in [1.54, 1.807) is 6.92 Å². The standard InChI is InChI=1S/C14H19NOS/c1-3-15-11-14-7-4-6-13(10-14)8-5-9-17-12(2)16/h4-8,10,15H,3,9,11H2,1-2H3. The highest BCUT2D eigenvalue weighted by atomic mass is 32.2. The molecule has 1 rings (SSSR count). The molecule has 0 radical (unpaired) electrons. The Balaban J connectivity index is 2.50. The monoisotopic (exact) mass is 249 g/mol. The van der Waals surface area contributed by atoms with Crippen molar-refractivity contribution in [2.75, 3.05) is 12.3 Å². The van der Waals surface area contributed by atoms with Crippen molar-refractivity contribution >= 4 is 23.0 Å². The number of carbonyl (C=O) groups excluding carboxylic acids is 1. The number of hydrogen-bond donors (Lipinski definition) is 1. The molecule has 17 heavy (non-hydrogen) atoms. The molecule has 0 unspecified atom stereocenters. The highest BCUT2D eigenvalue weighted by molar-refractivity contribution is 8.13. The van der Waals surface area contributed by atoms with Gasteiger partial charge in [0, 0.05) is 19.2 Å². The Morgan fingerprint density at radius 3 is 3.00 bits per heavy atom. The molecule has 0 aliphatic rings. The largest absolute Gasteiger partial charge is 0.313 e. The van der Waals surface area contributed by atoms with E-state index in [9.17, 15) is 4.79 Å². The molecular formula is C14H19NOS. The summed E-state index contributed by atoms with van der Waals surface area (Å²) in [5, 5.41) is 3.46. The molecule has 0 saturated heterocycles. The van der Waals surface area contributed by atoms with Gasteiger partial charge in [-0.15, -0.1) is 0 Å². The van der Waals surface area contributed by atoms with Crippen molar-refractivity contribution in [1.29, 1.82) is 0 Å². The molecule has 1 aromatic carbocycles. The third-order valence-electron chi connectivity index (χ3n) is 2.22.